The van der Waals surface area contributed by atoms with E-state index in [1.165, 1.54) is 25.3 Å². The van der Waals surface area contributed by atoms with Crippen molar-refractivity contribution in [1.82, 2.24) is 14.9 Å². The Bertz CT molecular complexity index is 683. The van der Waals surface area contributed by atoms with Crippen LogP contribution in [0, 0.1) is 0 Å². The molecule has 0 amide bonds. The Balaban J connectivity index is 0.00000312. The highest BCUT2D eigenvalue weighted by Gasteiger charge is 2.18. The number of hydrogen-bond donors (Lipinski definition) is 2. The Hall–Kier alpha value is -0.610. The second kappa shape index (κ2) is 12.0. The summed E-state index contributed by atoms with van der Waals surface area (Å²) in [6.45, 7) is 5.11. The molecule has 0 aromatic heterocycles. The second-order valence-corrected chi connectivity index (χ2v) is 7.65. The highest BCUT2D eigenvalue weighted by molar-refractivity contribution is 7.89. The van der Waals surface area contributed by atoms with E-state index in [0.29, 0.717) is 6.54 Å². The summed E-state index contributed by atoms with van der Waals surface area (Å²) >= 11 is 5.97. The molecule has 1 aromatic rings. The van der Waals surface area contributed by atoms with Gasteiger partial charge in [0.2, 0.25) is 10.0 Å². The third kappa shape index (κ3) is 7.19. The van der Waals surface area contributed by atoms with E-state index in [1.54, 1.807) is 0 Å². The first-order chi connectivity index (χ1) is 11.4. The zero-order valence-electron chi connectivity index (χ0n) is 14.4. The van der Waals surface area contributed by atoms with Crippen molar-refractivity contribution in [3.63, 3.8) is 0 Å². The number of sulfonamides is 1. The van der Waals surface area contributed by atoms with Gasteiger partial charge in [-0.3, -0.25) is 0 Å². The fourth-order valence-corrected chi connectivity index (χ4v) is 3.89. The average molecular weight is 449 g/mol. The fourth-order valence-electron chi connectivity index (χ4n) is 2.47. The molecular formula is C15H24Cl3N3O4S. The monoisotopic (exact) mass is 447 g/mol. The molecule has 0 unspecified atom stereocenters. The first-order valence-electron chi connectivity index (χ1n) is 7.74. The molecule has 0 aliphatic carbocycles. The molecule has 2 rings (SSSR count). The summed E-state index contributed by atoms with van der Waals surface area (Å²) in [6, 6.07) is 3.95. The summed E-state index contributed by atoms with van der Waals surface area (Å²) in [5.41, 5.74) is 0.136. The van der Waals surface area contributed by atoms with E-state index >= 15 is 0 Å². The van der Waals surface area contributed by atoms with Crippen molar-refractivity contribution in [2.75, 3.05) is 46.4 Å². The number of methoxy groups -OCH3 is 1. The molecule has 0 radical (unpaired) electrons. The van der Waals surface area contributed by atoms with Crippen LogP contribution in [0.15, 0.2) is 23.1 Å². The van der Waals surface area contributed by atoms with Crippen LogP contribution in [0.25, 0.3) is 0 Å². The molecule has 2 N–H and O–H groups in total. The lowest BCUT2D eigenvalue weighted by Gasteiger charge is -2.27. The van der Waals surface area contributed by atoms with Crippen LogP contribution >= 0.6 is 36.4 Å². The number of piperazine rings is 1. The van der Waals surface area contributed by atoms with Gasteiger partial charge in [0, 0.05) is 32.7 Å². The third-order valence-corrected chi connectivity index (χ3v) is 5.58. The number of ether oxygens (including phenoxy) is 1. The normalized spacial score (nSPS) is 14.8. The van der Waals surface area contributed by atoms with Crippen LogP contribution < -0.4 is 10.0 Å². The number of esters is 1. The highest BCUT2D eigenvalue weighted by atomic mass is 35.5. The Labute approximate surface area is 171 Å². The number of rotatable bonds is 7. The van der Waals surface area contributed by atoms with Gasteiger partial charge in [0.15, 0.2) is 0 Å². The zero-order chi connectivity index (χ0) is 17.6. The number of carbonyl (C=O) groups is 1. The Morgan fingerprint density at radius 2 is 1.96 bits per heavy atom. The molecular weight excluding hydrogens is 425 g/mol. The topological polar surface area (TPSA) is 87.7 Å². The Kier molecular flexibility index (Phi) is 11.7. The quantitative estimate of drug-likeness (QED) is 0.486. The van der Waals surface area contributed by atoms with Gasteiger partial charge >= 0.3 is 5.97 Å². The van der Waals surface area contributed by atoms with Crippen LogP contribution in [-0.2, 0) is 14.8 Å². The lowest BCUT2D eigenvalue weighted by atomic mass is 10.2. The molecule has 26 heavy (non-hydrogen) atoms. The first kappa shape index (κ1) is 25.4. The van der Waals surface area contributed by atoms with Crippen molar-refractivity contribution in [2.45, 2.75) is 11.3 Å². The number of carbonyl (C=O) groups excluding carboxylic acids is 1. The SMILES string of the molecule is COC(=O)c1ccc(S(=O)(=O)NCCCN2CCNCC2)cc1Cl.Cl.Cl. The van der Waals surface area contributed by atoms with E-state index in [9.17, 15) is 13.2 Å². The molecule has 1 aliphatic heterocycles. The summed E-state index contributed by atoms with van der Waals surface area (Å²) in [6.07, 6.45) is 0.729. The number of benzene rings is 1. The largest absolute Gasteiger partial charge is 0.465 e. The molecule has 0 atom stereocenters. The van der Waals surface area contributed by atoms with Crippen molar-refractivity contribution in [2.24, 2.45) is 0 Å². The molecule has 1 heterocycles. The van der Waals surface area contributed by atoms with E-state index in [-0.39, 0.29) is 40.3 Å². The van der Waals surface area contributed by atoms with Crippen LogP contribution in [0.2, 0.25) is 5.02 Å². The number of nitrogens with zero attached hydrogens (tertiary/aromatic N) is 1. The van der Waals surface area contributed by atoms with E-state index in [2.05, 4.69) is 19.7 Å². The maximum Gasteiger partial charge on any atom is 0.339 e. The predicted molar refractivity (Wildman–Crippen MR) is 106 cm³/mol. The zero-order valence-corrected chi connectivity index (χ0v) is 17.6. The van der Waals surface area contributed by atoms with Crippen molar-refractivity contribution in [1.29, 1.82) is 0 Å². The molecule has 1 fully saturated rings. The summed E-state index contributed by atoms with van der Waals surface area (Å²) in [4.78, 5) is 13.8. The second-order valence-electron chi connectivity index (χ2n) is 5.48. The predicted octanol–water partition coefficient (Wildman–Crippen LogP) is 1.54. The molecule has 150 valence electrons. The van der Waals surface area contributed by atoms with Gasteiger partial charge in [0.05, 0.1) is 22.6 Å². The number of hydrogen-bond acceptors (Lipinski definition) is 6. The number of nitrogens with one attached hydrogen (secondary N) is 2. The number of halogens is 3. The molecule has 11 heteroatoms. The highest BCUT2D eigenvalue weighted by Crippen LogP contribution is 2.21. The van der Waals surface area contributed by atoms with Gasteiger partial charge in [-0.1, -0.05) is 11.6 Å². The first-order valence-corrected chi connectivity index (χ1v) is 9.61. The molecule has 0 bridgehead atoms. The minimum Gasteiger partial charge on any atom is -0.465 e. The van der Waals surface area contributed by atoms with Crippen LogP contribution in [0.1, 0.15) is 16.8 Å². The standard InChI is InChI=1S/C15H22ClN3O4S.2ClH/c1-23-15(20)13-4-3-12(11-14(13)16)24(21,22)18-5-2-8-19-9-6-17-7-10-19;;/h3-4,11,17-18H,2,5-10H2,1H3;2*1H. The van der Waals surface area contributed by atoms with Crippen LogP contribution in [0.4, 0.5) is 0 Å². The lowest BCUT2D eigenvalue weighted by molar-refractivity contribution is 0.0601. The van der Waals surface area contributed by atoms with Gasteiger partial charge < -0.3 is 15.0 Å². The fraction of sp³-hybridized carbons (Fsp3) is 0.533. The maximum atomic E-state index is 12.3. The van der Waals surface area contributed by atoms with Crippen LogP contribution in [0.3, 0.4) is 0 Å². The van der Waals surface area contributed by atoms with Crippen molar-refractivity contribution < 1.29 is 17.9 Å². The van der Waals surface area contributed by atoms with Crippen LogP contribution in [0.5, 0.6) is 0 Å². The smallest absolute Gasteiger partial charge is 0.339 e. The summed E-state index contributed by atoms with van der Waals surface area (Å²) in [5, 5.41) is 3.32. The summed E-state index contributed by atoms with van der Waals surface area (Å²) < 4.78 is 31.7. The minimum atomic E-state index is -3.65. The third-order valence-electron chi connectivity index (χ3n) is 3.81. The minimum absolute atomic E-state index is 0. The molecule has 7 nitrogen and oxygen atoms in total. The molecule has 0 saturated carbocycles. The van der Waals surface area contributed by atoms with E-state index in [1.807, 2.05) is 0 Å². The van der Waals surface area contributed by atoms with Gasteiger partial charge in [0.25, 0.3) is 0 Å². The molecule has 1 saturated heterocycles. The van der Waals surface area contributed by atoms with E-state index < -0.39 is 16.0 Å². The lowest BCUT2D eigenvalue weighted by Crippen LogP contribution is -2.44. The van der Waals surface area contributed by atoms with Crippen LogP contribution in [-0.4, -0.2) is 65.7 Å². The van der Waals surface area contributed by atoms with Gasteiger partial charge in [-0.15, -0.1) is 24.8 Å². The van der Waals surface area contributed by atoms with E-state index in [4.69, 9.17) is 11.6 Å². The van der Waals surface area contributed by atoms with Gasteiger partial charge in [-0.05, 0) is 31.2 Å². The van der Waals surface area contributed by atoms with Crippen molar-refractivity contribution in [3.8, 4) is 0 Å². The van der Waals surface area contributed by atoms with Gasteiger partial charge in [-0.2, -0.15) is 0 Å². The summed E-state index contributed by atoms with van der Waals surface area (Å²) in [7, 11) is -2.41. The molecule has 0 spiro atoms. The Morgan fingerprint density at radius 3 is 2.54 bits per heavy atom. The summed E-state index contributed by atoms with van der Waals surface area (Å²) in [5.74, 6) is -0.604. The van der Waals surface area contributed by atoms with E-state index in [0.717, 1.165) is 39.1 Å². The van der Waals surface area contributed by atoms with Crippen molar-refractivity contribution in [3.05, 3.63) is 28.8 Å². The Morgan fingerprint density at radius 1 is 1.31 bits per heavy atom. The maximum absolute atomic E-state index is 12.3. The molecule has 1 aromatic carbocycles. The average Bonchev–Trinajstić information content (AvgIpc) is 2.59. The van der Waals surface area contributed by atoms with Gasteiger partial charge in [-0.25, -0.2) is 17.9 Å². The molecule has 1 aliphatic rings. The van der Waals surface area contributed by atoms with Gasteiger partial charge in [0.1, 0.15) is 0 Å². The van der Waals surface area contributed by atoms with Crippen molar-refractivity contribution >= 4 is 52.4 Å².